The van der Waals surface area contributed by atoms with Crippen LogP contribution in [-0.4, -0.2) is 33.6 Å². The zero-order valence-corrected chi connectivity index (χ0v) is 20.8. The van der Waals surface area contributed by atoms with Gasteiger partial charge in [0.15, 0.2) is 5.82 Å². The number of hydrogen-bond donors (Lipinski definition) is 1. The molecular formula is C28H27N5O2S. The highest BCUT2D eigenvalue weighted by Crippen LogP contribution is 2.44. The minimum atomic E-state index is -3.91. The van der Waals surface area contributed by atoms with Crippen LogP contribution in [0.5, 0.6) is 0 Å². The van der Waals surface area contributed by atoms with E-state index in [-0.39, 0.29) is 4.90 Å². The summed E-state index contributed by atoms with van der Waals surface area (Å²) >= 11 is 0. The van der Waals surface area contributed by atoms with Crippen LogP contribution in [0, 0.1) is 6.92 Å². The number of nitrogens with one attached hydrogen (secondary N) is 1. The minimum Gasteiger partial charge on any atom is -0.365 e. The standard InChI is InChI=1S/C28H27N5O2S/c1-20-5-7-24(8-6-20)36(34,35)33-26-19-28(21-10-15-29-16-11-21,22-12-17-30-18-13-22)14-9-25(26)27(32-33)31-23-3-2-4-23/h5-18,23H,2-4,19H2,1H3,(H,31,32). The number of anilines is 1. The molecule has 6 rings (SSSR count). The first-order chi connectivity index (χ1) is 17.5. The summed E-state index contributed by atoms with van der Waals surface area (Å²) in [6.07, 6.45) is 15.0. The van der Waals surface area contributed by atoms with Crippen molar-refractivity contribution in [2.24, 2.45) is 0 Å². The van der Waals surface area contributed by atoms with E-state index in [2.05, 4.69) is 26.5 Å². The molecule has 3 aromatic heterocycles. The highest BCUT2D eigenvalue weighted by atomic mass is 32.2. The first kappa shape index (κ1) is 22.7. The highest BCUT2D eigenvalue weighted by Gasteiger charge is 2.40. The van der Waals surface area contributed by atoms with E-state index >= 15 is 0 Å². The van der Waals surface area contributed by atoms with Crippen LogP contribution in [0.4, 0.5) is 5.82 Å². The number of aryl methyl sites for hydroxylation is 1. The molecule has 36 heavy (non-hydrogen) atoms. The number of rotatable bonds is 6. The van der Waals surface area contributed by atoms with Crippen molar-refractivity contribution in [3.05, 3.63) is 107 Å². The second-order valence-corrected chi connectivity index (χ2v) is 11.4. The summed E-state index contributed by atoms with van der Waals surface area (Å²) in [6.45, 7) is 1.94. The molecular weight excluding hydrogens is 470 g/mol. The van der Waals surface area contributed by atoms with Gasteiger partial charge >= 0.3 is 0 Å². The van der Waals surface area contributed by atoms with E-state index in [1.165, 1.54) is 10.5 Å². The molecule has 7 nitrogen and oxygen atoms in total. The summed E-state index contributed by atoms with van der Waals surface area (Å²) in [6, 6.07) is 15.2. The summed E-state index contributed by atoms with van der Waals surface area (Å²) in [7, 11) is -3.91. The molecule has 4 aromatic rings. The number of aromatic nitrogens is 4. The van der Waals surface area contributed by atoms with Crippen molar-refractivity contribution in [1.82, 2.24) is 19.2 Å². The average Bonchev–Trinajstić information content (AvgIpc) is 3.25. The van der Waals surface area contributed by atoms with Gasteiger partial charge in [0.2, 0.25) is 0 Å². The van der Waals surface area contributed by atoms with Gasteiger partial charge in [0.25, 0.3) is 10.0 Å². The lowest BCUT2D eigenvalue weighted by atomic mass is 9.69. The van der Waals surface area contributed by atoms with E-state index in [0.717, 1.165) is 35.1 Å². The fourth-order valence-corrected chi connectivity index (χ4v) is 6.38. The Morgan fingerprint density at radius 3 is 2.08 bits per heavy atom. The van der Waals surface area contributed by atoms with Gasteiger partial charge in [0.1, 0.15) is 0 Å². The van der Waals surface area contributed by atoms with Gasteiger partial charge in [-0.15, -0.1) is 5.10 Å². The molecule has 0 radical (unpaired) electrons. The molecule has 0 atom stereocenters. The average molecular weight is 498 g/mol. The zero-order valence-electron chi connectivity index (χ0n) is 20.0. The minimum absolute atomic E-state index is 0.224. The van der Waals surface area contributed by atoms with Gasteiger partial charge in [-0.25, -0.2) is 0 Å². The molecule has 0 unspecified atom stereocenters. The van der Waals surface area contributed by atoms with E-state index in [0.29, 0.717) is 24.0 Å². The predicted octanol–water partition coefficient (Wildman–Crippen LogP) is 4.74. The summed E-state index contributed by atoms with van der Waals surface area (Å²) in [4.78, 5) is 8.63. The van der Waals surface area contributed by atoms with Crippen molar-refractivity contribution in [1.29, 1.82) is 0 Å². The maximum Gasteiger partial charge on any atom is 0.283 e. The van der Waals surface area contributed by atoms with Crippen molar-refractivity contribution >= 4 is 21.9 Å². The largest absolute Gasteiger partial charge is 0.365 e. The van der Waals surface area contributed by atoms with Gasteiger partial charge in [0, 0.05) is 48.2 Å². The highest BCUT2D eigenvalue weighted by molar-refractivity contribution is 7.89. The normalized spacial score (nSPS) is 16.8. The molecule has 8 heteroatoms. The quantitative estimate of drug-likeness (QED) is 0.414. The topological polar surface area (TPSA) is 89.8 Å². The van der Waals surface area contributed by atoms with Gasteiger partial charge in [-0.3, -0.25) is 9.97 Å². The summed E-state index contributed by atoms with van der Waals surface area (Å²) in [5, 5.41) is 8.18. The third-order valence-corrected chi connectivity index (χ3v) is 8.98. The maximum absolute atomic E-state index is 13.9. The number of benzene rings is 1. The van der Waals surface area contributed by atoms with Crippen molar-refractivity contribution in [2.45, 2.75) is 49.0 Å². The first-order valence-corrected chi connectivity index (χ1v) is 13.6. The number of nitrogens with zero attached hydrogens (tertiary/aromatic N) is 4. The Morgan fingerprint density at radius 1 is 0.917 bits per heavy atom. The molecule has 0 amide bonds. The van der Waals surface area contributed by atoms with Crippen LogP contribution in [0.1, 0.15) is 47.2 Å². The number of hydrogen-bond acceptors (Lipinski definition) is 6. The van der Waals surface area contributed by atoms with Gasteiger partial charge < -0.3 is 5.32 Å². The molecule has 3 heterocycles. The van der Waals surface area contributed by atoms with Crippen LogP contribution in [0.3, 0.4) is 0 Å². The maximum atomic E-state index is 13.9. The first-order valence-electron chi connectivity index (χ1n) is 12.2. The lowest BCUT2D eigenvalue weighted by molar-refractivity contribution is 0.444. The van der Waals surface area contributed by atoms with Gasteiger partial charge in [-0.05, 0) is 73.7 Å². The SMILES string of the molecule is Cc1ccc(S(=O)(=O)n2nc(NC3CCC3)c3c2CC(c2ccncc2)(c2ccncc2)C=C3)cc1. The van der Waals surface area contributed by atoms with Crippen LogP contribution in [0.25, 0.3) is 6.08 Å². The fourth-order valence-electron chi connectivity index (χ4n) is 5.05. The van der Waals surface area contributed by atoms with Crippen LogP contribution >= 0.6 is 0 Å². The Morgan fingerprint density at radius 2 is 1.53 bits per heavy atom. The second kappa shape index (κ2) is 8.71. The summed E-state index contributed by atoms with van der Waals surface area (Å²) in [5.41, 5.74) is 3.96. The fraction of sp³-hybridized carbons (Fsp3) is 0.250. The van der Waals surface area contributed by atoms with E-state index in [1.807, 2.05) is 49.4 Å². The molecule has 0 saturated heterocycles. The van der Waals surface area contributed by atoms with Crippen molar-refractivity contribution in [3.63, 3.8) is 0 Å². The molecule has 1 N–H and O–H groups in total. The lowest BCUT2D eigenvalue weighted by Gasteiger charge is -2.35. The predicted molar refractivity (Wildman–Crippen MR) is 139 cm³/mol. The van der Waals surface area contributed by atoms with E-state index in [1.54, 1.807) is 36.9 Å². The van der Waals surface area contributed by atoms with Crippen molar-refractivity contribution in [2.75, 3.05) is 5.32 Å². The third kappa shape index (κ3) is 3.73. The molecule has 182 valence electrons. The molecule has 1 saturated carbocycles. The van der Waals surface area contributed by atoms with Crippen molar-refractivity contribution < 1.29 is 8.42 Å². The Labute approximate surface area is 211 Å². The van der Waals surface area contributed by atoms with E-state index in [9.17, 15) is 8.42 Å². The number of allylic oxidation sites excluding steroid dienone is 1. The number of fused-ring (bicyclic) bond motifs is 1. The van der Waals surface area contributed by atoms with Gasteiger partial charge in [-0.2, -0.15) is 12.5 Å². The Bertz CT molecular complexity index is 1480. The monoisotopic (exact) mass is 497 g/mol. The third-order valence-electron chi connectivity index (χ3n) is 7.35. The van der Waals surface area contributed by atoms with E-state index in [4.69, 9.17) is 0 Å². The van der Waals surface area contributed by atoms with Gasteiger partial charge in [0.05, 0.1) is 10.6 Å². The zero-order chi connectivity index (χ0) is 24.8. The smallest absolute Gasteiger partial charge is 0.283 e. The Balaban J connectivity index is 1.54. The Hall–Kier alpha value is -3.78. The van der Waals surface area contributed by atoms with Crippen LogP contribution in [-0.2, 0) is 21.9 Å². The van der Waals surface area contributed by atoms with Gasteiger partial charge in [-0.1, -0.05) is 29.8 Å². The molecule has 0 aliphatic heterocycles. The number of pyridine rings is 2. The summed E-state index contributed by atoms with van der Waals surface area (Å²) < 4.78 is 29.1. The summed E-state index contributed by atoms with van der Waals surface area (Å²) in [5.74, 6) is 0.625. The van der Waals surface area contributed by atoms with E-state index < -0.39 is 15.4 Å². The van der Waals surface area contributed by atoms with Crippen LogP contribution in [0.15, 0.2) is 84.3 Å². The Kier molecular flexibility index (Phi) is 5.48. The molecule has 1 fully saturated rings. The van der Waals surface area contributed by atoms with Crippen molar-refractivity contribution in [3.8, 4) is 0 Å². The molecule has 0 spiro atoms. The second-order valence-electron chi connectivity index (χ2n) is 9.60. The molecule has 0 bridgehead atoms. The van der Waals surface area contributed by atoms with Crippen LogP contribution < -0.4 is 5.32 Å². The van der Waals surface area contributed by atoms with Crippen LogP contribution in [0.2, 0.25) is 0 Å². The lowest BCUT2D eigenvalue weighted by Crippen LogP contribution is -2.32. The molecule has 1 aromatic carbocycles. The molecule has 2 aliphatic carbocycles. The molecule has 2 aliphatic rings.